The molecule has 0 radical (unpaired) electrons. The number of hydrogen-bond donors (Lipinski definition) is 1. The molecule has 5 heteroatoms. The largest absolute Gasteiger partial charge is 0.382 e. The van der Waals surface area contributed by atoms with Crippen molar-refractivity contribution in [2.45, 2.75) is 13.1 Å². The van der Waals surface area contributed by atoms with Crippen LogP contribution in [-0.2, 0) is 22.6 Å². The number of rotatable bonds is 8. The van der Waals surface area contributed by atoms with Crippen LogP contribution >= 0.6 is 0 Å². The predicted molar refractivity (Wildman–Crippen MR) is 75.2 cm³/mol. The van der Waals surface area contributed by atoms with E-state index in [9.17, 15) is 0 Å². The van der Waals surface area contributed by atoms with E-state index in [1.807, 2.05) is 23.9 Å². The summed E-state index contributed by atoms with van der Waals surface area (Å²) in [5.41, 5.74) is 2.23. The van der Waals surface area contributed by atoms with Crippen LogP contribution in [0.5, 0.6) is 0 Å². The van der Waals surface area contributed by atoms with E-state index < -0.39 is 0 Å². The van der Waals surface area contributed by atoms with Crippen LogP contribution in [0.15, 0.2) is 24.3 Å². The first-order valence-corrected chi connectivity index (χ1v) is 6.52. The van der Waals surface area contributed by atoms with E-state index in [0.717, 1.165) is 24.3 Å². The standard InChI is InChI=1S/C14H21N3O2/c1-15-11-13-12-5-3-4-6-14(12)17(16-13)7-8-19-10-9-18-2/h3-6,15H,7-11H2,1-2H3. The van der Waals surface area contributed by atoms with Gasteiger partial charge in [-0.2, -0.15) is 5.10 Å². The minimum Gasteiger partial charge on any atom is -0.382 e. The zero-order valence-electron chi connectivity index (χ0n) is 11.6. The van der Waals surface area contributed by atoms with Crippen molar-refractivity contribution in [3.63, 3.8) is 0 Å². The van der Waals surface area contributed by atoms with E-state index in [1.54, 1.807) is 7.11 Å². The molecular weight excluding hydrogens is 242 g/mol. The van der Waals surface area contributed by atoms with Gasteiger partial charge >= 0.3 is 0 Å². The Hall–Kier alpha value is -1.43. The number of fused-ring (bicyclic) bond motifs is 1. The van der Waals surface area contributed by atoms with Crippen LogP contribution in [-0.4, -0.2) is 43.8 Å². The first-order chi connectivity index (χ1) is 9.36. The molecule has 104 valence electrons. The van der Waals surface area contributed by atoms with Crippen LogP contribution in [0.4, 0.5) is 0 Å². The fourth-order valence-electron chi connectivity index (χ4n) is 2.06. The average Bonchev–Trinajstić information content (AvgIpc) is 2.78. The molecule has 19 heavy (non-hydrogen) atoms. The van der Waals surface area contributed by atoms with Crippen molar-refractivity contribution < 1.29 is 9.47 Å². The molecule has 0 unspecified atom stereocenters. The predicted octanol–water partition coefficient (Wildman–Crippen LogP) is 1.42. The molecule has 0 fully saturated rings. The molecule has 0 aliphatic carbocycles. The molecule has 1 heterocycles. The van der Waals surface area contributed by atoms with Crippen molar-refractivity contribution in [1.82, 2.24) is 15.1 Å². The lowest BCUT2D eigenvalue weighted by Gasteiger charge is -2.05. The van der Waals surface area contributed by atoms with Crippen molar-refractivity contribution >= 4 is 10.9 Å². The number of nitrogens with zero attached hydrogens (tertiary/aromatic N) is 2. The maximum absolute atomic E-state index is 5.49. The summed E-state index contributed by atoms with van der Waals surface area (Å²) in [5, 5.41) is 8.99. The van der Waals surface area contributed by atoms with Crippen LogP contribution in [0.2, 0.25) is 0 Å². The van der Waals surface area contributed by atoms with Crippen LogP contribution in [0.1, 0.15) is 5.69 Å². The number of benzene rings is 1. The molecular formula is C14H21N3O2. The maximum atomic E-state index is 5.49. The van der Waals surface area contributed by atoms with Gasteiger partial charge in [-0.25, -0.2) is 0 Å². The monoisotopic (exact) mass is 263 g/mol. The molecule has 0 aliphatic heterocycles. The van der Waals surface area contributed by atoms with Gasteiger partial charge in [0.1, 0.15) is 0 Å². The fourth-order valence-corrected chi connectivity index (χ4v) is 2.06. The zero-order chi connectivity index (χ0) is 13.5. The molecule has 0 spiro atoms. The van der Waals surface area contributed by atoms with E-state index in [-0.39, 0.29) is 0 Å². The summed E-state index contributed by atoms with van der Waals surface area (Å²) in [6, 6.07) is 8.28. The molecule has 1 aromatic carbocycles. The summed E-state index contributed by atoms with van der Waals surface area (Å²) in [5.74, 6) is 0. The highest BCUT2D eigenvalue weighted by molar-refractivity contribution is 5.81. The van der Waals surface area contributed by atoms with Crippen LogP contribution < -0.4 is 5.32 Å². The number of hydrogen-bond acceptors (Lipinski definition) is 4. The molecule has 0 saturated carbocycles. The molecule has 0 atom stereocenters. The lowest BCUT2D eigenvalue weighted by molar-refractivity contribution is 0.0658. The van der Waals surface area contributed by atoms with E-state index >= 15 is 0 Å². The van der Waals surface area contributed by atoms with Gasteiger partial charge in [-0.05, 0) is 13.1 Å². The van der Waals surface area contributed by atoms with Gasteiger partial charge < -0.3 is 14.8 Å². The number of aromatic nitrogens is 2. The third-order valence-electron chi connectivity index (χ3n) is 2.96. The second-order valence-electron chi connectivity index (χ2n) is 4.32. The average molecular weight is 263 g/mol. The third-order valence-corrected chi connectivity index (χ3v) is 2.96. The minimum atomic E-state index is 0.624. The molecule has 5 nitrogen and oxygen atoms in total. The third kappa shape index (κ3) is 3.53. The highest BCUT2D eigenvalue weighted by Gasteiger charge is 2.08. The van der Waals surface area contributed by atoms with Gasteiger partial charge in [-0.3, -0.25) is 4.68 Å². The zero-order valence-corrected chi connectivity index (χ0v) is 11.6. The summed E-state index contributed by atoms with van der Waals surface area (Å²) in [7, 11) is 3.61. The highest BCUT2D eigenvalue weighted by atomic mass is 16.5. The smallest absolute Gasteiger partial charge is 0.0841 e. The minimum absolute atomic E-state index is 0.624. The number of nitrogens with one attached hydrogen (secondary N) is 1. The summed E-state index contributed by atoms with van der Waals surface area (Å²) in [6.45, 7) is 3.43. The Labute approximate surface area is 113 Å². The Morgan fingerprint density at radius 1 is 1.21 bits per heavy atom. The van der Waals surface area contributed by atoms with Crippen molar-refractivity contribution in [3.05, 3.63) is 30.0 Å². The lowest BCUT2D eigenvalue weighted by Crippen LogP contribution is -2.11. The highest BCUT2D eigenvalue weighted by Crippen LogP contribution is 2.18. The normalized spacial score (nSPS) is 11.3. The number of para-hydroxylation sites is 1. The molecule has 0 amide bonds. The van der Waals surface area contributed by atoms with Gasteiger partial charge in [-0.1, -0.05) is 18.2 Å². The van der Waals surface area contributed by atoms with Crippen LogP contribution in [0.25, 0.3) is 10.9 Å². The molecule has 2 aromatic rings. The second kappa shape index (κ2) is 7.23. The number of ether oxygens (including phenoxy) is 2. The summed E-state index contributed by atoms with van der Waals surface area (Å²) < 4.78 is 12.4. The Balaban J connectivity index is 2.05. The van der Waals surface area contributed by atoms with Crippen LogP contribution in [0, 0.1) is 0 Å². The van der Waals surface area contributed by atoms with E-state index in [0.29, 0.717) is 19.8 Å². The van der Waals surface area contributed by atoms with E-state index in [4.69, 9.17) is 9.47 Å². The van der Waals surface area contributed by atoms with Gasteiger partial charge in [0.25, 0.3) is 0 Å². The quantitative estimate of drug-likeness (QED) is 0.732. The first kappa shape index (κ1) is 14.0. The van der Waals surface area contributed by atoms with Gasteiger partial charge in [0.15, 0.2) is 0 Å². The van der Waals surface area contributed by atoms with Gasteiger partial charge in [0.05, 0.1) is 37.6 Å². The Morgan fingerprint density at radius 2 is 2.05 bits per heavy atom. The van der Waals surface area contributed by atoms with Gasteiger partial charge in [-0.15, -0.1) is 0 Å². The lowest BCUT2D eigenvalue weighted by atomic mass is 10.2. The molecule has 0 saturated heterocycles. The van der Waals surface area contributed by atoms with E-state index in [1.165, 1.54) is 5.39 Å². The molecule has 2 rings (SSSR count). The van der Waals surface area contributed by atoms with Crippen LogP contribution in [0.3, 0.4) is 0 Å². The van der Waals surface area contributed by atoms with Crippen molar-refractivity contribution in [3.8, 4) is 0 Å². The van der Waals surface area contributed by atoms with Crippen molar-refractivity contribution in [2.75, 3.05) is 34.0 Å². The summed E-state index contributed by atoms with van der Waals surface area (Å²) in [4.78, 5) is 0. The molecule has 0 bridgehead atoms. The fraction of sp³-hybridized carbons (Fsp3) is 0.500. The molecule has 1 aromatic heterocycles. The van der Waals surface area contributed by atoms with E-state index in [2.05, 4.69) is 22.5 Å². The summed E-state index contributed by atoms with van der Waals surface area (Å²) >= 11 is 0. The first-order valence-electron chi connectivity index (χ1n) is 6.52. The molecule has 0 aliphatic rings. The Kier molecular flexibility index (Phi) is 5.32. The topological polar surface area (TPSA) is 48.3 Å². The second-order valence-corrected chi connectivity index (χ2v) is 4.32. The number of methoxy groups -OCH3 is 1. The van der Waals surface area contributed by atoms with Gasteiger partial charge in [0, 0.05) is 19.0 Å². The Morgan fingerprint density at radius 3 is 2.84 bits per heavy atom. The SMILES string of the molecule is CNCc1nn(CCOCCOC)c2ccccc12. The van der Waals surface area contributed by atoms with Crippen molar-refractivity contribution in [2.24, 2.45) is 0 Å². The van der Waals surface area contributed by atoms with Gasteiger partial charge in [0.2, 0.25) is 0 Å². The van der Waals surface area contributed by atoms with Crippen molar-refractivity contribution in [1.29, 1.82) is 0 Å². The summed E-state index contributed by atoms with van der Waals surface area (Å²) in [6.07, 6.45) is 0. The Bertz CT molecular complexity index is 510. The molecule has 1 N–H and O–H groups in total. The maximum Gasteiger partial charge on any atom is 0.0841 e.